The van der Waals surface area contributed by atoms with Gasteiger partial charge in [0.05, 0.1) is 0 Å². The maximum absolute atomic E-state index is 12.5. The molecule has 0 saturated heterocycles. The second-order valence-corrected chi connectivity index (χ2v) is 10.8. The Balaban J connectivity index is 1.92. The lowest BCUT2D eigenvalue weighted by molar-refractivity contribution is 0.0493. The molecule has 0 aromatic heterocycles. The van der Waals surface area contributed by atoms with E-state index in [2.05, 4.69) is 37.2 Å². The van der Waals surface area contributed by atoms with E-state index in [9.17, 15) is 4.79 Å². The topological polar surface area (TPSA) is 66.0 Å². The number of para-hydroxylation sites is 1. The summed E-state index contributed by atoms with van der Waals surface area (Å²) >= 11 is 7.47. The molecule has 3 aromatic carbocycles. The number of halogens is 2. The minimum absolute atomic E-state index is 0.109. The lowest BCUT2D eigenvalue weighted by Crippen LogP contribution is -2.35. The van der Waals surface area contributed by atoms with Crippen LogP contribution < -0.4 is 14.8 Å². The van der Waals surface area contributed by atoms with Crippen LogP contribution in [0.1, 0.15) is 43.4 Å². The number of benzene rings is 3. The van der Waals surface area contributed by atoms with Crippen LogP contribution in [-0.4, -0.2) is 32.1 Å². The first-order valence-corrected chi connectivity index (χ1v) is 13.1. The molecule has 6 nitrogen and oxygen atoms in total. The van der Waals surface area contributed by atoms with Crippen LogP contribution in [0.15, 0.2) is 75.7 Å². The zero-order valence-corrected chi connectivity index (χ0v) is 24.0. The van der Waals surface area contributed by atoms with Crippen LogP contribution in [0.25, 0.3) is 0 Å². The van der Waals surface area contributed by atoms with Crippen molar-refractivity contribution in [1.29, 1.82) is 0 Å². The van der Waals surface area contributed by atoms with Gasteiger partial charge < -0.3 is 24.3 Å². The molecular weight excluding hydrogens is 590 g/mol. The summed E-state index contributed by atoms with van der Waals surface area (Å²) in [6.07, 6.45) is -0.488. The van der Waals surface area contributed by atoms with E-state index >= 15 is 0 Å². The van der Waals surface area contributed by atoms with Gasteiger partial charge in [0.15, 0.2) is 6.79 Å². The smallest absolute Gasteiger partial charge is 0.407 e. The Kier molecular flexibility index (Phi) is 10.2. The molecule has 192 valence electrons. The molecule has 3 aromatic rings. The first-order valence-electron chi connectivity index (χ1n) is 11.5. The average molecular weight is 621 g/mol. The van der Waals surface area contributed by atoms with Crippen molar-refractivity contribution in [1.82, 2.24) is 5.32 Å². The van der Waals surface area contributed by atoms with Crippen molar-refractivity contribution >= 4 is 38.0 Å². The van der Waals surface area contributed by atoms with Crippen LogP contribution in [0.4, 0.5) is 4.79 Å². The van der Waals surface area contributed by atoms with Gasteiger partial charge in [-0.1, -0.05) is 80.4 Å². The van der Waals surface area contributed by atoms with E-state index in [-0.39, 0.29) is 19.3 Å². The lowest BCUT2D eigenvalue weighted by atomic mass is 9.90. The Labute approximate surface area is 229 Å². The van der Waals surface area contributed by atoms with Crippen molar-refractivity contribution in [3.63, 3.8) is 0 Å². The fourth-order valence-electron chi connectivity index (χ4n) is 3.61. The van der Waals surface area contributed by atoms with Gasteiger partial charge in [0.1, 0.15) is 23.7 Å². The van der Waals surface area contributed by atoms with Gasteiger partial charge in [0, 0.05) is 34.1 Å². The molecule has 0 radical (unpaired) electrons. The molecule has 0 aliphatic rings. The quantitative estimate of drug-likeness (QED) is 0.239. The number of hydrogen-bond donors (Lipinski definition) is 1. The number of nitrogens with one attached hydrogen (secondary N) is 1. The summed E-state index contributed by atoms with van der Waals surface area (Å²) in [5, 5.41) is 2.91. The molecule has 0 heterocycles. The highest BCUT2D eigenvalue weighted by molar-refractivity contribution is 9.11. The Hall–Kier alpha value is -2.55. The van der Waals surface area contributed by atoms with E-state index in [1.165, 1.54) is 0 Å². The summed E-state index contributed by atoms with van der Waals surface area (Å²) in [6.45, 7) is 6.34. The highest BCUT2D eigenvalue weighted by Gasteiger charge is 2.26. The summed E-state index contributed by atoms with van der Waals surface area (Å²) in [7, 11) is 1.57. The zero-order chi connectivity index (χ0) is 26.1. The summed E-state index contributed by atoms with van der Waals surface area (Å²) < 4.78 is 24.1. The molecule has 0 saturated carbocycles. The van der Waals surface area contributed by atoms with Crippen LogP contribution in [-0.2, 0) is 16.1 Å². The highest BCUT2D eigenvalue weighted by atomic mass is 79.9. The number of rotatable bonds is 10. The Morgan fingerprint density at radius 1 is 0.944 bits per heavy atom. The molecule has 3 rings (SSSR count). The lowest BCUT2D eigenvalue weighted by Gasteiger charge is -2.25. The predicted molar refractivity (Wildman–Crippen MR) is 148 cm³/mol. The molecule has 0 aliphatic carbocycles. The van der Waals surface area contributed by atoms with Crippen molar-refractivity contribution in [2.45, 2.75) is 38.9 Å². The second-order valence-electron chi connectivity index (χ2n) is 9.10. The van der Waals surface area contributed by atoms with Crippen molar-refractivity contribution in [3.05, 3.63) is 92.4 Å². The third kappa shape index (κ3) is 8.25. The molecule has 1 N–H and O–H groups in total. The van der Waals surface area contributed by atoms with Crippen molar-refractivity contribution in [3.8, 4) is 11.5 Å². The van der Waals surface area contributed by atoms with Gasteiger partial charge >= 0.3 is 6.09 Å². The second kappa shape index (κ2) is 13.1. The van der Waals surface area contributed by atoms with Crippen LogP contribution in [0.2, 0.25) is 0 Å². The summed E-state index contributed by atoms with van der Waals surface area (Å²) in [4.78, 5) is 12.5. The van der Waals surface area contributed by atoms with E-state index in [0.717, 1.165) is 25.6 Å². The van der Waals surface area contributed by atoms with Crippen LogP contribution >= 0.6 is 31.9 Å². The number of ether oxygens (including phenoxy) is 4. The average Bonchev–Trinajstić information content (AvgIpc) is 2.83. The Morgan fingerprint density at radius 3 is 2.22 bits per heavy atom. The first kappa shape index (κ1) is 28.0. The Bertz CT molecular complexity index is 1130. The Morgan fingerprint density at radius 2 is 1.58 bits per heavy atom. The molecule has 36 heavy (non-hydrogen) atoms. The number of alkyl carbamates (subject to hydrolysis) is 1. The standard InChI is InChI=1S/C28H31Br2NO5/c1-28(2,3)36-27(32)31-16-22(21-12-8-9-13-25(21)35-18-33-4)26-23(29)14-20(15-24(26)30)34-17-19-10-6-5-7-11-19/h5-15,22H,16-18H2,1-4H3,(H,31,32). The van der Waals surface area contributed by atoms with Crippen molar-refractivity contribution in [2.75, 3.05) is 20.4 Å². The van der Waals surface area contributed by atoms with E-state index in [1.807, 2.05) is 87.5 Å². The minimum atomic E-state index is -0.599. The van der Waals surface area contributed by atoms with Crippen molar-refractivity contribution < 1.29 is 23.7 Å². The normalized spacial score (nSPS) is 12.1. The van der Waals surface area contributed by atoms with E-state index in [4.69, 9.17) is 18.9 Å². The van der Waals surface area contributed by atoms with Gasteiger partial charge in [-0.2, -0.15) is 0 Å². The monoisotopic (exact) mass is 619 g/mol. The third-order valence-electron chi connectivity index (χ3n) is 5.13. The van der Waals surface area contributed by atoms with Gasteiger partial charge in [0.25, 0.3) is 0 Å². The number of hydrogen-bond acceptors (Lipinski definition) is 5. The molecule has 8 heteroatoms. The molecule has 0 spiro atoms. The van der Waals surface area contributed by atoms with Gasteiger partial charge in [-0.05, 0) is 50.1 Å². The number of amides is 1. The van der Waals surface area contributed by atoms with E-state index in [0.29, 0.717) is 18.1 Å². The maximum atomic E-state index is 12.5. The number of carbonyl (C=O) groups excluding carboxylic acids is 1. The fraction of sp³-hybridized carbons (Fsp3) is 0.321. The first-order chi connectivity index (χ1) is 17.2. The van der Waals surface area contributed by atoms with Gasteiger partial charge in [-0.3, -0.25) is 0 Å². The molecule has 1 atom stereocenters. The highest BCUT2D eigenvalue weighted by Crippen LogP contribution is 2.41. The molecule has 0 aliphatic heterocycles. The SMILES string of the molecule is COCOc1ccccc1C(CNC(=O)OC(C)(C)C)c1c(Br)cc(OCc2ccccc2)cc1Br. The predicted octanol–water partition coefficient (Wildman–Crippen LogP) is 7.43. The number of methoxy groups -OCH3 is 1. The fourth-order valence-corrected chi connectivity index (χ4v) is 5.30. The van der Waals surface area contributed by atoms with Gasteiger partial charge in [-0.25, -0.2) is 4.79 Å². The molecule has 0 bridgehead atoms. The zero-order valence-electron chi connectivity index (χ0n) is 20.8. The summed E-state index contributed by atoms with van der Waals surface area (Å²) in [5.74, 6) is 1.11. The maximum Gasteiger partial charge on any atom is 0.407 e. The molecule has 1 unspecified atom stereocenters. The summed E-state index contributed by atoms with van der Waals surface area (Å²) in [5.41, 5.74) is 2.31. The van der Waals surface area contributed by atoms with Crippen LogP contribution in [0, 0.1) is 0 Å². The van der Waals surface area contributed by atoms with Crippen LogP contribution in [0.3, 0.4) is 0 Å². The van der Waals surface area contributed by atoms with Gasteiger partial charge in [0.2, 0.25) is 0 Å². The minimum Gasteiger partial charge on any atom is -0.489 e. The van der Waals surface area contributed by atoms with E-state index in [1.54, 1.807) is 7.11 Å². The van der Waals surface area contributed by atoms with E-state index < -0.39 is 11.7 Å². The summed E-state index contributed by atoms with van der Waals surface area (Å²) in [6, 6.07) is 21.6. The molecule has 0 fully saturated rings. The largest absolute Gasteiger partial charge is 0.489 e. The van der Waals surface area contributed by atoms with Crippen molar-refractivity contribution in [2.24, 2.45) is 0 Å². The molecular formula is C28H31Br2NO5. The molecule has 1 amide bonds. The van der Waals surface area contributed by atoms with Crippen LogP contribution in [0.5, 0.6) is 11.5 Å². The number of carbonyl (C=O) groups is 1. The third-order valence-corrected chi connectivity index (χ3v) is 6.44. The van der Waals surface area contributed by atoms with Gasteiger partial charge in [-0.15, -0.1) is 0 Å².